The molecule has 4 heteroatoms. The first-order valence-corrected chi connectivity index (χ1v) is 11.0. The van der Waals surface area contributed by atoms with Crippen molar-refractivity contribution in [2.45, 2.75) is 31.6 Å². The SMILES string of the molecule is C1=C[C@@H](n2ccc3ccccc32)O[C@H](COCc2ccccc2)[C@H]1OCc1ccccc1. The Morgan fingerprint density at radius 1 is 0.719 bits per heavy atom. The molecule has 0 fully saturated rings. The molecule has 162 valence electrons. The molecule has 1 aromatic heterocycles. The third kappa shape index (κ3) is 4.83. The van der Waals surface area contributed by atoms with Gasteiger partial charge in [-0.2, -0.15) is 0 Å². The van der Waals surface area contributed by atoms with Gasteiger partial charge in [-0.25, -0.2) is 0 Å². The van der Waals surface area contributed by atoms with Crippen molar-refractivity contribution in [3.8, 4) is 0 Å². The number of hydrogen-bond acceptors (Lipinski definition) is 3. The summed E-state index contributed by atoms with van der Waals surface area (Å²) in [6.45, 7) is 1.53. The number of hydrogen-bond donors (Lipinski definition) is 0. The lowest BCUT2D eigenvalue weighted by Gasteiger charge is -2.33. The number of rotatable bonds is 8. The average Bonchev–Trinajstić information content (AvgIpc) is 3.29. The van der Waals surface area contributed by atoms with Gasteiger partial charge in [-0.05, 0) is 34.7 Å². The van der Waals surface area contributed by atoms with Crippen molar-refractivity contribution in [3.05, 3.63) is 120 Å². The van der Waals surface area contributed by atoms with E-state index in [1.165, 1.54) is 5.39 Å². The van der Waals surface area contributed by atoms with Crippen LogP contribution < -0.4 is 0 Å². The molecule has 32 heavy (non-hydrogen) atoms. The smallest absolute Gasteiger partial charge is 0.153 e. The summed E-state index contributed by atoms with van der Waals surface area (Å²) in [5.41, 5.74) is 3.44. The van der Waals surface area contributed by atoms with E-state index >= 15 is 0 Å². The summed E-state index contributed by atoms with van der Waals surface area (Å²) in [4.78, 5) is 0. The highest BCUT2D eigenvalue weighted by molar-refractivity contribution is 5.80. The van der Waals surface area contributed by atoms with E-state index in [0.29, 0.717) is 19.8 Å². The molecule has 0 spiro atoms. The zero-order valence-corrected chi connectivity index (χ0v) is 17.9. The van der Waals surface area contributed by atoms with Gasteiger partial charge >= 0.3 is 0 Å². The van der Waals surface area contributed by atoms with E-state index in [9.17, 15) is 0 Å². The molecule has 3 aromatic carbocycles. The Morgan fingerprint density at radius 2 is 1.41 bits per heavy atom. The van der Waals surface area contributed by atoms with Crippen LogP contribution in [0.3, 0.4) is 0 Å². The second-order valence-electron chi connectivity index (χ2n) is 7.99. The Morgan fingerprint density at radius 3 is 2.19 bits per heavy atom. The zero-order valence-electron chi connectivity index (χ0n) is 17.9. The third-order valence-corrected chi connectivity index (χ3v) is 5.73. The number of benzene rings is 3. The van der Waals surface area contributed by atoms with E-state index in [4.69, 9.17) is 14.2 Å². The van der Waals surface area contributed by atoms with E-state index in [0.717, 1.165) is 16.6 Å². The van der Waals surface area contributed by atoms with Crippen molar-refractivity contribution in [3.63, 3.8) is 0 Å². The molecule has 3 atom stereocenters. The van der Waals surface area contributed by atoms with Crippen LogP contribution in [0.5, 0.6) is 0 Å². The molecule has 0 saturated carbocycles. The van der Waals surface area contributed by atoms with Gasteiger partial charge in [0.05, 0.1) is 25.3 Å². The highest BCUT2D eigenvalue weighted by Gasteiger charge is 2.29. The predicted octanol–water partition coefficient (Wildman–Crippen LogP) is 5.90. The van der Waals surface area contributed by atoms with E-state index in [2.05, 4.69) is 77.5 Å². The lowest BCUT2D eigenvalue weighted by atomic mass is 10.1. The fourth-order valence-electron chi connectivity index (χ4n) is 4.05. The lowest BCUT2D eigenvalue weighted by molar-refractivity contribution is -0.135. The van der Waals surface area contributed by atoms with Crippen molar-refractivity contribution in [1.82, 2.24) is 4.57 Å². The van der Waals surface area contributed by atoms with Gasteiger partial charge in [-0.3, -0.25) is 0 Å². The van der Waals surface area contributed by atoms with Gasteiger partial charge in [0.15, 0.2) is 6.23 Å². The number of ether oxygens (including phenoxy) is 3. The van der Waals surface area contributed by atoms with Gasteiger partial charge in [-0.1, -0.05) is 84.9 Å². The molecule has 0 N–H and O–H groups in total. The van der Waals surface area contributed by atoms with Crippen molar-refractivity contribution in [1.29, 1.82) is 0 Å². The number of para-hydroxylation sites is 1. The van der Waals surface area contributed by atoms with Gasteiger partial charge in [0.2, 0.25) is 0 Å². The Kier molecular flexibility index (Phi) is 6.45. The van der Waals surface area contributed by atoms with Gasteiger partial charge in [0.25, 0.3) is 0 Å². The normalized spacial score (nSPS) is 20.6. The van der Waals surface area contributed by atoms with Gasteiger partial charge in [0.1, 0.15) is 12.2 Å². The van der Waals surface area contributed by atoms with Gasteiger partial charge < -0.3 is 18.8 Å². The first kappa shape index (κ1) is 20.7. The highest BCUT2D eigenvalue weighted by Crippen LogP contribution is 2.28. The minimum absolute atomic E-state index is 0.177. The van der Waals surface area contributed by atoms with Crippen LogP contribution in [0.4, 0.5) is 0 Å². The molecule has 2 heterocycles. The molecule has 0 amide bonds. The second-order valence-corrected chi connectivity index (χ2v) is 7.99. The van der Waals surface area contributed by atoms with E-state index in [1.54, 1.807) is 0 Å². The fraction of sp³-hybridized carbons (Fsp3) is 0.214. The molecule has 0 aliphatic carbocycles. The maximum atomic E-state index is 6.50. The van der Waals surface area contributed by atoms with Crippen LogP contribution in [-0.2, 0) is 27.4 Å². The van der Waals surface area contributed by atoms with E-state index < -0.39 is 0 Å². The van der Waals surface area contributed by atoms with Gasteiger partial charge in [0, 0.05) is 6.20 Å². The maximum absolute atomic E-state index is 6.50. The largest absolute Gasteiger partial charge is 0.374 e. The Hall–Kier alpha value is -3.18. The molecule has 4 nitrogen and oxygen atoms in total. The Bertz CT molecular complexity index is 1150. The van der Waals surface area contributed by atoms with Crippen LogP contribution in [0.1, 0.15) is 17.4 Å². The summed E-state index contributed by atoms with van der Waals surface area (Å²) < 4.78 is 20.9. The molecule has 0 unspecified atom stereocenters. The van der Waals surface area contributed by atoms with Crippen molar-refractivity contribution in [2.75, 3.05) is 6.61 Å². The predicted molar refractivity (Wildman–Crippen MR) is 126 cm³/mol. The van der Waals surface area contributed by atoms with Crippen LogP contribution in [0.15, 0.2) is 109 Å². The number of nitrogens with zero attached hydrogens (tertiary/aromatic N) is 1. The van der Waals surface area contributed by atoms with Crippen molar-refractivity contribution >= 4 is 10.9 Å². The van der Waals surface area contributed by atoms with Crippen LogP contribution in [0.25, 0.3) is 10.9 Å². The second kappa shape index (κ2) is 9.96. The summed E-state index contributed by atoms with van der Waals surface area (Å²) >= 11 is 0. The minimum Gasteiger partial charge on any atom is -0.374 e. The van der Waals surface area contributed by atoms with Crippen LogP contribution >= 0.6 is 0 Å². The van der Waals surface area contributed by atoms with Crippen LogP contribution in [0.2, 0.25) is 0 Å². The quantitative estimate of drug-likeness (QED) is 0.330. The van der Waals surface area contributed by atoms with Crippen LogP contribution in [-0.4, -0.2) is 23.4 Å². The topological polar surface area (TPSA) is 32.6 Å². The fourth-order valence-corrected chi connectivity index (χ4v) is 4.05. The lowest BCUT2D eigenvalue weighted by Crippen LogP contribution is -2.39. The molecule has 0 bridgehead atoms. The summed E-state index contributed by atoms with van der Waals surface area (Å²) in [5.74, 6) is 0. The number of aromatic nitrogens is 1. The Labute approximate surface area is 188 Å². The molecular weight excluding hydrogens is 398 g/mol. The van der Waals surface area contributed by atoms with E-state index in [1.807, 2.05) is 36.4 Å². The molecule has 0 saturated heterocycles. The first-order valence-electron chi connectivity index (χ1n) is 11.0. The number of fused-ring (bicyclic) bond motifs is 1. The molecule has 4 aromatic rings. The molecule has 1 aliphatic rings. The standard InChI is InChI=1S/C28H27NO3/c1-3-9-22(10-4-1)19-30-21-27-26(31-20-23-11-5-2-6-12-23)15-16-28(32-27)29-18-17-24-13-7-8-14-25(24)29/h1-18,26-28H,19-21H2/t26-,27+,28-/m0/s1. The van der Waals surface area contributed by atoms with Crippen LogP contribution in [0, 0.1) is 0 Å². The molecular formula is C28H27NO3. The highest BCUT2D eigenvalue weighted by atomic mass is 16.6. The molecule has 1 aliphatic heterocycles. The van der Waals surface area contributed by atoms with Crippen molar-refractivity contribution < 1.29 is 14.2 Å². The van der Waals surface area contributed by atoms with Crippen molar-refractivity contribution in [2.24, 2.45) is 0 Å². The summed E-state index contributed by atoms with van der Waals surface area (Å²) in [7, 11) is 0. The summed E-state index contributed by atoms with van der Waals surface area (Å²) in [6, 6.07) is 30.9. The Balaban J connectivity index is 1.31. The summed E-state index contributed by atoms with van der Waals surface area (Å²) in [5, 5.41) is 1.20. The summed E-state index contributed by atoms with van der Waals surface area (Å²) in [6.07, 6.45) is 5.68. The average molecular weight is 426 g/mol. The first-order chi connectivity index (χ1) is 15.9. The van der Waals surface area contributed by atoms with Gasteiger partial charge in [-0.15, -0.1) is 0 Å². The molecule has 0 radical (unpaired) electrons. The minimum atomic E-state index is -0.210. The molecule has 5 rings (SSSR count). The van der Waals surface area contributed by atoms with E-state index in [-0.39, 0.29) is 18.4 Å². The zero-order chi connectivity index (χ0) is 21.6. The monoisotopic (exact) mass is 425 g/mol. The maximum Gasteiger partial charge on any atom is 0.153 e. The third-order valence-electron chi connectivity index (χ3n) is 5.73.